The van der Waals surface area contributed by atoms with Crippen molar-refractivity contribution < 1.29 is 9.53 Å². The van der Waals surface area contributed by atoms with E-state index in [-0.39, 0.29) is 5.97 Å². The maximum absolute atomic E-state index is 11.6. The lowest BCUT2D eigenvalue weighted by Gasteiger charge is -2.22. The lowest BCUT2D eigenvalue weighted by atomic mass is 9.84. The lowest BCUT2D eigenvalue weighted by molar-refractivity contribution is -0.144. The van der Waals surface area contributed by atoms with Gasteiger partial charge in [-0.25, -0.2) is 0 Å². The van der Waals surface area contributed by atoms with Crippen molar-refractivity contribution >= 4 is 5.97 Å². The fraction of sp³-hybridized carbons (Fsp3) is 0.944. The highest BCUT2D eigenvalue weighted by molar-refractivity contribution is 5.69. The first-order valence-corrected chi connectivity index (χ1v) is 8.50. The number of hydrogen-bond acceptors (Lipinski definition) is 2. The molecular formula is C18H36O2. The van der Waals surface area contributed by atoms with Crippen LogP contribution >= 0.6 is 0 Å². The molecule has 2 heteroatoms. The Morgan fingerprint density at radius 3 is 2.25 bits per heavy atom. The van der Waals surface area contributed by atoms with Crippen LogP contribution in [0.1, 0.15) is 92.4 Å². The molecule has 0 amide bonds. The van der Waals surface area contributed by atoms with Crippen molar-refractivity contribution in [1.29, 1.82) is 0 Å². The third kappa shape index (κ3) is 13.9. The van der Waals surface area contributed by atoms with E-state index in [0.29, 0.717) is 24.4 Å². The number of carbonyl (C=O) groups is 1. The third-order valence-corrected chi connectivity index (χ3v) is 3.57. The molecule has 0 rings (SSSR count). The summed E-state index contributed by atoms with van der Waals surface area (Å²) in [4.78, 5) is 11.6. The summed E-state index contributed by atoms with van der Waals surface area (Å²) in [6.45, 7) is 11.8. The summed E-state index contributed by atoms with van der Waals surface area (Å²) >= 11 is 0. The van der Waals surface area contributed by atoms with Gasteiger partial charge >= 0.3 is 5.97 Å². The first-order valence-electron chi connectivity index (χ1n) is 8.50. The van der Waals surface area contributed by atoms with Crippen molar-refractivity contribution in [3.8, 4) is 0 Å². The summed E-state index contributed by atoms with van der Waals surface area (Å²) in [6.07, 6.45) is 10.1. The quantitative estimate of drug-likeness (QED) is 0.357. The van der Waals surface area contributed by atoms with Crippen molar-refractivity contribution in [2.45, 2.75) is 92.4 Å². The van der Waals surface area contributed by atoms with Crippen LogP contribution in [0.5, 0.6) is 0 Å². The highest BCUT2D eigenvalue weighted by atomic mass is 16.5. The van der Waals surface area contributed by atoms with Crippen molar-refractivity contribution in [3.63, 3.8) is 0 Å². The summed E-state index contributed by atoms with van der Waals surface area (Å²) in [6, 6.07) is 0. The number of hydrogen-bond donors (Lipinski definition) is 0. The number of rotatable bonds is 11. The van der Waals surface area contributed by atoms with Crippen LogP contribution in [0, 0.1) is 11.3 Å². The monoisotopic (exact) mass is 284 g/mol. The van der Waals surface area contributed by atoms with Gasteiger partial charge in [0.05, 0.1) is 6.61 Å². The Hall–Kier alpha value is -0.530. The van der Waals surface area contributed by atoms with Gasteiger partial charge in [-0.05, 0) is 30.6 Å². The Morgan fingerprint density at radius 2 is 1.65 bits per heavy atom. The predicted octanol–water partition coefficient (Wildman–Crippen LogP) is 5.74. The maximum Gasteiger partial charge on any atom is 0.305 e. The highest BCUT2D eigenvalue weighted by Crippen LogP contribution is 2.25. The molecular weight excluding hydrogens is 248 g/mol. The van der Waals surface area contributed by atoms with Crippen LogP contribution in [0.2, 0.25) is 0 Å². The molecule has 0 heterocycles. The minimum absolute atomic E-state index is 0.0107. The topological polar surface area (TPSA) is 26.3 Å². The second kappa shape index (κ2) is 11.2. The van der Waals surface area contributed by atoms with E-state index in [9.17, 15) is 4.79 Å². The van der Waals surface area contributed by atoms with E-state index >= 15 is 0 Å². The van der Waals surface area contributed by atoms with E-state index in [0.717, 1.165) is 19.3 Å². The average Bonchev–Trinajstić information content (AvgIpc) is 2.31. The highest BCUT2D eigenvalue weighted by Gasteiger charge is 2.15. The molecule has 0 saturated carbocycles. The molecule has 0 saturated heterocycles. The predicted molar refractivity (Wildman–Crippen MR) is 86.8 cm³/mol. The van der Waals surface area contributed by atoms with E-state index < -0.39 is 0 Å². The minimum Gasteiger partial charge on any atom is -0.466 e. The Morgan fingerprint density at radius 1 is 1.05 bits per heavy atom. The smallest absolute Gasteiger partial charge is 0.305 e. The van der Waals surface area contributed by atoms with Gasteiger partial charge in [-0.3, -0.25) is 4.79 Å². The van der Waals surface area contributed by atoms with E-state index in [1.165, 1.54) is 32.1 Å². The Balaban J connectivity index is 3.45. The van der Waals surface area contributed by atoms with Gasteiger partial charge < -0.3 is 4.74 Å². The van der Waals surface area contributed by atoms with Gasteiger partial charge in [0.2, 0.25) is 0 Å². The van der Waals surface area contributed by atoms with Gasteiger partial charge in [-0.2, -0.15) is 0 Å². The maximum atomic E-state index is 11.6. The fourth-order valence-corrected chi connectivity index (χ4v) is 2.64. The molecule has 0 radical (unpaired) electrons. The molecule has 1 unspecified atom stereocenters. The van der Waals surface area contributed by atoms with Crippen LogP contribution in [-0.2, 0) is 9.53 Å². The Bertz CT molecular complexity index is 240. The zero-order valence-corrected chi connectivity index (χ0v) is 14.5. The minimum atomic E-state index is -0.0107. The van der Waals surface area contributed by atoms with Gasteiger partial charge in [0.25, 0.3) is 0 Å². The van der Waals surface area contributed by atoms with Crippen molar-refractivity contribution in [1.82, 2.24) is 0 Å². The van der Waals surface area contributed by atoms with Gasteiger partial charge in [0, 0.05) is 6.42 Å². The first kappa shape index (κ1) is 19.5. The Labute approximate surface area is 126 Å². The van der Waals surface area contributed by atoms with E-state index in [2.05, 4.69) is 34.6 Å². The van der Waals surface area contributed by atoms with E-state index in [4.69, 9.17) is 4.74 Å². The fourth-order valence-electron chi connectivity index (χ4n) is 2.64. The zero-order valence-electron chi connectivity index (χ0n) is 14.5. The number of esters is 1. The average molecular weight is 284 g/mol. The number of unbranched alkanes of at least 4 members (excludes halogenated alkanes) is 5. The van der Waals surface area contributed by atoms with E-state index in [1.807, 2.05) is 0 Å². The van der Waals surface area contributed by atoms with Crippen molar-refractivity contribution in [2.75, 3.05) is 6.61 Å². The summed E-state index contributed by atoms with van der Waals surface area (Å²) in [5.41, 5.74) is 0.363. The number of carbonyl (C=O) groups excluding carboxylic acids is 1. The van der Waals surface area contributed by atoms with Crippen LogP contribution in [0.3, 0.4) is 0 Å². The molecule has 0 bridgehead atoms. The molecule has 0 aliphatic carbocycles. The van der Waals surface area contributed by atoms with Crippen molar-refractivity contribution in [2.24, 2.45) is 11.3 Å². The molecule has 0 aliphatic heterocycles. The molecule has 0 N–H and O–H groups in total. The standard InChI is InChI=1S/C18H36O2/c1-6-7-8-9-10-11-12-17(19)20-14-13-16(2)15-18(3,4)5/h16H,6-15H2,1-5H3. The van der Waals surface area contributed by atoms with Crippen molar-refractivity contribution in [3.05, 3.63) is 0 Å². The Kier molecular flexibility index (Phi) is 10.9. The zero-order chi connectivity index (χ0) is 15.4. The molecule has 0 aromatic heterocycles. The van der Waals surface area contributed by atoms with E-state index in [1.54, 1.807) is 0 Å². The molecule has 0 aromatic carbocycles. The SMILES string of the molecule is CCCCCCCCC(=O)OCCC(C)CC(C)(C)C. The van der Waals surface area contributed by atoms with Gasteiger partial charge in [0.1, 0.15) is 0 Å². The summed E-state index contributed by atoms with van der Waals surface area (Å²) in [5.74, 6) is 0.611. The molecule has 1 atom stereocenters. The summed E-state index contributed by atoms with van der Waals surface area (Å²) in [7, 11) is 0. The molecule has 20 heavy (non-hydrogen) atoms. The second-order valence-corrected chi connectivity index (χ2v) is 7.40. The van der Waals surface area contributed by atoms with Gasteiger partial charge in [-0.1, -0.05) is 66.7 Å². The lowest BCUT2D eigenvalue weighted by Crippen LogP contribution is -2.14. The van der Waals surface area contributed by atoms with Crippen LogP contribution in [0.25, 0.3) is 0 Å². The molecule has 0 spiro atoms. The normalized spacial score (nSPS) is 13.2. The third-order valence-electron chi connectivity index (χ3n) is 3.57. The molecule has 0 fully saturated rings. The molecule has 120 valence electrons. The molecule has 0 aliphatic rings. The number of ether oxygens (including phenoxy) is 1. The molecule has 2 nitrogen and oxygen atoms in total. The van der Waals surface area contributed by atoms with Crippen LogP contribution < -0.4 is 0 Å². The first-order chi connectivity index (χ1) is 9.35. The largest absolute Gasteiger partial charge is 0.466 e. The van der Waals surface area contributed by atoms with Gasteiger partial charge in [0.15, 0.2) is 0 Å². The summed E-state index contributed by atoms with van der Waals surface area (Å²) < 4.78 is 5.32. The van der Waals surface area contributed by atoms with Gasteiger partial charge in [-0.15, -0.1) is 0 Å². The second-order valence-electron chi connectivity index (χ2n) is 7.40. The van der Waals surface area contributed by atoms with Crippen LogP contribution in [0.15, 0.2) is 0 Å². The summed E-state index contributed by atoms with van der Waals surface area (Å²) in [5, 5.41) is 0. The van der Waals surface area contributed by atoms with Crippen LogP contribution in [-0.4, -0.2) is 12.6 Å². The van der Waals surface area contributed by atoms with Crippen LogP contribution in [0.4, 0.5) is 0 Å². The molecule has 0 aromatic rings.